The third-order valence-electron chi connectivity index (χ3n) is 5.58. The first-order chi connectivity index (χ1) is 12.9. The van der Waals surface area contributed by atoms with Gasteiger partial charge in [0.05, 0.1) is 5.69 Å². The quantitative estimate of drug-likeness (QED) is 0.438. The fraction of sp³-hybridized carbons (Fsp3) is 0.423. The number of fused-ring (bicyclic) bond motifs is 1. The highest BCUT2D eigenvalue weighted by atomic mass is 14.7. The predicted octanol–water partition coefficient (Wildman–Crippen LogP) is 7.76. The van der Waals surface area contributed by atoms with Crippen LogP contribution in [0, 0.1) is 26.7 Å². The molecule has 3 rings (SSSR count). The Bertz CT molecular complexity index is 916. The molecule has 1 atom stereocenters. The van der Waals surface area contributed by atoms with Crippen molar-refractivity contribution in [3.05, 3.63) is 64.8 Å². The molecule has 0 aliphatic rings. The van der Waals surface area contributed by atoms with Crippen molar-refractivity contribution in [3.8, 4) is 11.3 Å². The molecule has 1 unspecified atom stereocenters. The molecule has 0 aliphatic heterocycles. The van der Waals surface area contributed by atoms with E-state index in [9.17, 15) is 0 Å². The Labute approximate surface area is 164 Å². The van der Waals surface area contributed by atoms with Gasteiger partial charge in [-0.3, -0.25) is 4.98 Å². The first kappa shape index (κ1) is 19.6. The highest BCUT2D eigenvalue weighted by Crippen LogP contribution is 2.36. The molecule has 142 valence electrons. The van der Waals surface area contributed by atoms with E-state index in [1.165, 1.54) is 57.9 Å². The number of hydrogen-bond acceptors (Lipinski definition) is 1. The summed E-state index contributed by atoms with van der Waals surface area (Å²) < 4.78 is 0. The van der Waals surface area contributed by atoms with E-state index in [0.717, 1.165) is 11.6 Å². The van der Waals surface area contributed by atoms with Crippen LogP contribution >= 0.6 is 0 Å². The lowest BCUT2D eigenvalue weighted by atomic mass is 9.83. The highest BCUT2D eigenvalue weighted by Gasteiger charge is 2.17. The molecule has 0 amide bonds. The van der Waals surface area contributed by atoms with E-state index in [2.05, 4.69) is 77.9 Å². The second-order valence-electron chi connectivity index (χ2n) is 8.53. The maximum Gasteiger partial charge on any atom is 0.0780 e. The number of nitrogens with zero attached hydrogens (tertiary/aromatic N) is 1. The Morgan fingerprint density at radius 3 is 2.22 bits per heavy atom. The average Bonchev–Trinajstić information content (AvgIpc) is 2.60. The van der Waals surface area contributed by atoms with Gasteiger partial charge < -0.3 is 0 Å². The number of benzene rings is 2. The van der Waals surface area contributed by atoms with Crippen molar-refractivity contribution in [2.75, 3.05) is 0 Å². The van der Waals surface area contributed by atoms with Gasteiger partial charge in [-0.1, -0.05) is 56.5 Å². The molecule has 1 heteroatoms. The second kappa shape index (κ2) is 8.25. The fourth-order valence-electron chi connectivity index (χ4n) is 4.52. The Kier molecular flexibility index (Phi) is 5.99. The lowest BCUT2D eigenvalue weighted by Crippen LogP contribution is -2.05. The van der Waals surface area contributed by atoms with Crippen LogP contribution in [0.25, 0.3) is 22.0 Å². The van der Waals surface area contributed by atoms with Gasteiger partial charge in [0.25, 0.3) is 0 Å². The number of hydrogen-bond donors (Lipinski definition) is 0. The second-order valence-corrected chi connectivity index (χ2v) is 8.53. The van der Waals surface area contributed by atoms with E-state index in [1.807, 2.05) is 6.20 Å². The summed E-state index contributed by atoms with van der Waals surface area (Å²) in [5.74, 6) is 1.37. The van der Waals surface area contributed by atoms with Gasteiger partial charge in [0.15, 0.2) is 0 Å². The van der Waals surface area contributed by atoms with E-state index in [1.54, 1.807) is 0 Å². The summed E-state index contributed by atoms with van der Waals surface area (Å²) in [7, 11) is 0. The van der Waals surface area contributed by atoms with E-state index >= 15 is 0 Å². The minimum absolute atomic E-state index is 0.650. The van der Waals surface area contributed by atoms with Crippen LogP contribution in [-0.2, 0) is 0 Å². The van der Waals surface area contributed by atoms with Crippen LogP contribution in [0.2, 0.25) is 0 Å². The summed E-state index contributed by atoms with van der Waals surface area (Å²) in [6.07, 6.45) is 5.73. The largest absolute Gasteiger partial charge is 0.256 e. The summed E-state index contributed by atoms with van der Waals surface area (Å²) in [5, 5.41) is 2.62. The first-order valence-corrected chi connectivity index (χ1v) is 10.4. The van der Waals surface area contributed by atoms with Crippen LogP contribution in [0.3, 0.4) is 0 Å². The Balaban J connectivity index is 2.15. The number of rotatable bonds is 6. The molecule has 0 saturated carbocycles. The van der Waals surface area contributed by atoms with E-state index in [4.69, 9.17) is 4.98 Å². The third-order valence-corrected chi connectivity index (χ3v) is 5.58. The molecule has 3 aromatic rings. The van der Waals surface area contributed by atoms with E-state index in [0.29, 0.717) is 5.92 Å². The van der Waals surface area contributed by atoms with Crippen LogP contribution in [0.1, 0.15) is 68.2 Å². The minimum Gasteiger partial charge on any atom is -0.256 e. The van der Waals surface area contributed by atoms with Crippen molar-refractivity contribution in [3.63, 3.8) is 0 Å². The monoisotopic (exact) mass is 359 g/mol. The summed E-state index contributed by atoms with van der Waals surface area (Å²) in [6, 6.07) is 13.6. The lowest BCUT2D eigenvalue weighted by molar-refractivity contribution is 0.471. The van der Waals surface area contributed by atoms with Crippen molar-refractivity contribution < 1.29 is 0 Å². The molecule has 0 spiro atoms. The summed E-state index contributed by atoms with van der Waals surface area (Å²) >= 11 is 0. The standard InChI is InChI=1S/C26H33N/c1-7-8-21(13-17(2)3)23-9-10-25-24(20(23)6)11-12-27-26(25)22-15-18(4)14-19(5)16-22/h9-12,14-17,21H,7-8,13H2,1-6H3. The molecule has 0 bridgehead atoms. The van der Waals surface area contributed by atoms with Crippen molar-refractivity contribution >= 4 is 10.8 Å². The van der Waals surface area contributed by atoms with Gasteiger partial charge in [0, 0.05) is 17.1 Å². The predicted molar refractivity (Wildman–Crippen MR) is 118 cm³/mol. The van der Waals surface area contributed by atoms with Gasteiger partial charge in [-0.05, 0) is 80.2 Å². The van der Waals surface area contributed by atoms with Crippen molar-refractivity contribution in [2.45, 2.75) is 66.7 Å². The van der Waals surface area contributed by atoms with E-state index in [-0.39, 0.29) is 0 Å². The van der Waals surface area contributed by atoms with Gasteiger partial charge in [-0.2, -0.15) is 0 Å². The number of pyridine rings is 1. The van der Waals surface area contributed by atoms with Crippen LogP contribution in [0.15, 0.2) is 42.6 Å². The lowest BCUT2D eigenvalue weighted by Gasteiger charge is -2.22. The summed E-state index contributed by atoms with van der Waals surface area (Å²) in [5.41, 5.74) is 7.85. The van der Waals surface area contributed by atoms with Crippen molar-refractivity contribution in [1.29, 1.82) is 0 Å². The van der Waals surface area contributed by atoms with Gasteiger partial charge >= 0.3 is 0 Å². The normalized spacial score (nSPS) is 12.7. The minimum atomic E-state index is 0.650. The summed E-state index contributed by atoms with van der Waals surface area (Å²) in [6.45, 7) is 13.6. The topological polar surface area (TPSA) is 12.9 Å². The van der Waals surface area contributed by atoms with Gasteiger partial charge in [-0.15, -0.1) is 0 Å². The fourth-order valence-corrected chi connectivity index (χ4v) is 4.52. The smallest absolute Gasteiger partial charge is 0.0780 e. The zero-order chi connectivity index (χ0) is 19.6. The number of aromatic nitrogens is 1. The molecule has 0 N–H and O–H groups in total. The van der Waals surface area contributed by atoms with Crippen LogP contribution in [0.5, 0.6) is 0 Å². The summed E-state index contributed by atoms with van der Waals surface area (Å²) in [4.78, 5) is 4.76. The zero-order valence-electron chi connectivity index (χ0n) is 17.8. The number of aryl methyl sites for hydroxylation is 3. The van der Waals surface area contributed by atoms with Crippen molar-refractivity contribution in [1.82, 2.24) is 4.98 Å². The molecular formula is C26H33N. The van der Waals surface area contributed by atoms with Crippen molar-refractivity contribution in [2.24, 2.45) is 5.92 Å². The van der Waals surface area contributed by atoms with Gasteiger partial charge in [0.2, 0.25) is 0 Å². The highest BCUT2D eigenvalue weighted by molar-refractivity contribution is 5.97. The van der Waals surface area contributed by atoms with Gasteiger partial charge in [-0.25, -0.2) is 0 Å². The molecule has 0 aliphatic carbocycles. The first-order valence-electron chi connectivity index (χ1n) is 10.4. The van der Waals surface area contributed by atoms with Crippen LogP contribution in [-0.4, -0.2) is 4.98 Å². The van der Waals surface area contributed by atoms with Crippen LogP contribution < -0.4 is 0 Å². The Morgan fingerprint density at radius 1 is 0.889 bits per heavy atom. The zero-order valence-corrected chi connectivity index (χ0v) is 17.8. The average molecular weight is 360 g/mol. The Hall–Kier alpha value is -2.15. The molecular weight excluding hydrogens is 326 g/mol. The molecule has 1 nitrogen and oxygen atoms in total. The molecule has 0 saturated heterocycles. The van der Waals surface area contributed by atoms with Gasteiger partial charge in [0.1, 0.15) is 0 Å². The Morgan fingerprint density at radius 2 is 1.59 bits per heavy atom. The molecule has 2 aromatic carbocycles. The maximum absolute atomic E-state index is 4.76. The SMILES string of the molecule is CCCC(CC(C)C)c1ccc2c(-c3cc(C)cc(C)c3)nccc2c1C. The van der Waals surface area contributed by atoms with Crippen LogP contribution in [0.4, 0.5) is 0 Å². The van der Waals surface area contributed by atoms with E-state index < -0.39 is 0 Å². The molecule has 1 heterocycles. The molecule has 27 heavy (non-hydrogen) atoms. The molecule has 1 aromatic heterocycles. The maximum atomic E-state index is 4.76. The third kappa shape index (κ3) is 4.24. The molecule has 0 fully saturated rings. The molecule has 0 radical (unpaired) electrons.